The van der Waals surface area contributed by atoms with Crippen LogP contribution in [0.1, 0.15) is 30.8 Å². The lowest BCUT2D eigenvalue weighted by molar-refractivity contribution is 0.0934. The van der Waals surface area contributed by atoms with E-state index >= 15 is 0 Å². The Balaban J connectivity index is 2.38. The van der Waals surface area contributed by atoms with E-state index in [4.69, 9.17) is 5.73 Å². The second-order valence-electron chi connectivity index (χ2n) is 4.02. The van der Waals surface area contributed by atoms with Crippen LogP contribution in [0.25, 0.3) is 0 Å². The van der Waals surface area contributed by atoms with Crippen LogP contribution in [0.15, 0.2) is 6.20 Å². The van der Waals surface area contributed by atoms with Gasteiger partial charge in [0.1, 0.15) is 0 Å². The normalized spacial score (nSPS) is 12.4. The number of thioether (sulfide) groups is 1. The topological polar surface area (TPSA) is 85.8 Å². The summed E-state index contributed by atoms with van der Waals surface area (Å²) in [6.07, 6.45) is 2.58. The van der Waals surface area contributed by atoms with Gasteiger partial charge in [0.15, 0.2) is 5.69 Å². The predicted octanol–water partition coefficient (Wildman–Crippen LogP) is 0.498. The van der Waals surface area contributed by atoms with Gasteiger partial charge in [0.25, 0.3) is 5.91 Å². The lowest BCUT2D eigenvalue weighted by atomic mass is 10.2. The molecule has 0 spiro atoms. The third-order valence-corrected chi connectivity index (χ3v) is 3.34. The summed E-state index contributed by atoms with van der Waals surface area (Å²) < 4.78 is 1.58. The largest absolute Gasteiger partial charge is 0.348 e. The van der Waals surface area contributed by atoms with Gasteiger partial charge in [-0.1, -0.05) is 12.1 Å². The summed E-state index contributed by atoms with van der Waals surface area (Å²) >= 11 is 1.87. The smallest absolute Gasteiger partial charge is 0.273 e. The first kappa shape index (κ1) is 15.0. The second kappa shape index (κ2) is 8.10. The molecule has 0 aromatic carbocycles. The molecule has 0 fully saturated rings. The fourth-order valence-corrected chi connectivity index (χ4v) is 2.23. The zero-order valence-corrected chi connectivity index (χ0v) is 11.7. The maximum Gasteiger partial charge on any atom is 0.273 e. The van der Waals surface area contributed by atoms with E-state index in [9.17, 15) is 4.79 Å². The van der Waals surface area contributed by atoms with Gasteiger partial charge < -0.3 is 11.1 Å². The molecule has 18 heavy (non-hydrogen) atoms. The van der Waals surface area contributed by atoms with Crippen LogP contribution in [0, 0.1) is 0 Å². The minimum atomic E-state index is -0.174. The predicted molar refractivity (Wildman–Crippen MR) is 73.6 cm³/mol. The van der Waals surface area contributed by atoms with E-state index in [1.165, 1.54) is 0 Å². The van der Waals surface area contributed by atoms with Crippen molar-refractivity contribution in [3.63, 3.8) is 0 Å². The standard InChI is InChI=1S/C11H21N5OS/c1-3-18-7-4-9(2)13-11(17)10-8-16(6-5-12)15-14-10/h8-9H,3-7,12H2,1-2H3,(H,13,17). The van der Waals surface area contributed by atoms with E-state index in [-0.39, 0.29) is 11.9 Å². The maximum absolute atomic E-state index is 11.8. The monoisotopic (exact) mass is 271 g/mol. The summed E-state index contributed by atoms with van der Waals surface area (Å²) in [4.78, 5) is 11.8. The number of nitrogens with two attached hydrogens (primary N) is 1. The second-order valence-corrected chi connectivity index (χ2v) is 5.41. The van der Waals surface area contributed by atoms with Crippen molar-refractivity contribution in [3.8, 4) is 0 Å². The summed E-state index contributed by atoms with van der Waals surface area (Å²) in [5, 5.41) is 10.6. The molecule has 0 aliphatic heterocycles. The van der Waals surface area contributed by atoms with E-state index in [1.54, 1.807) is 10.9 Å². The van der Waals surface area contributed by atoms with Crippen molar-refractivity contribution in [1.82, 2.24) is 20.3 Å². The van der Waals surface area contributed by atoms with Crippen LogP contribution in [0.2, 0.25) is 0 Å². The van der Waals surface area contributed by atoms with Gasteiger partial charge in [-0.2, -0.15) is 11.8 Å². The fourth-order valence-electron chi connectivity index (χ4n) is 1.42. The van der Waals surface area contributed by atoms with Crippen molar-refractivity contribution in [2.24, 2.45) is 5.73 Å². The van der Waals surface area contributed by atoms with E-state index in [0.717, 1.165) is 17.9 Å². The average molecular weight is 271 g/mol. The molecule has 0 radical (unpaired) electrons. The molecule has 1 aromatic heterocycles. The molecule has 0 aliphatic rings. The van der Waals surface area contributed by atoms with Gasteiger partial charge in [0, 0.05) is 12.6 Å². The van der Waals surface area contributed by atoms with Crippen LogP contribution in [0.3, 0.4) is 0 Å². The first-order valence-electron chi connectivity index (χ1n) is 6.16. The lowest BCUT2D eigenvalue weighted by Crippen LogP contribution is -2.33. The molecule has 0 bridgehead atoms. The van der Waals surface area contributed by atoms with Crippen LogP contribution in [0.5, 0.6) is 0 Å². The zero-order valence-electron chi connectivity index (χ0n) is 10.9. The number of nitrogens with zero attached hydrogens (tertiary/aromatic N) is 3. The Bertz CT molecular complexity index is 368. The minimum Gasteiger partial charge on any atom is -0.348 e. The molecule has 1 unspecified atom stereocenters. The summed E-state index contributed by atoms with van der Waals surface area (Å²) in [5.41, 5.74) is 5.75. The highest BCUT2D eigenvalue weighted by Gasteiger charge is 2.13. The quantitative estimate of drug-likeness (QED) is 0.672. The third kappa shape index (κ3) is 5.05. The zero-order chi connectivity index (χ0) is 13.4. The Morgan fingerprint density at radius 3 is 3.11 bits per heavy atom. The van der Waals surface area contributed by atoms with Gasteiger partial charge in [0.2, 0.25) is 0 Å². The van der Waals surface area contributed by atoms with Crippen molar-refractivity contribution in [3.05, 3.63) is 11.9 Å². The number of rotatable bonds is 8. The van der Waals surface area contributed by atoms with Crippen molar-refractivity contribution in [2.45, 2.75) is 32.9 Å². The number of carbonyl (C=O) groups excluding carboxylic acids is 1. The summed E-state index contributed by atoms with van der Waals surface area (Å²) in [7, 11) is 0. The fraction of sp³-hybridized carbons (Fsp3) is 0.727. The number of aromatic nitrogens is 3. The Morgan fingerprint density at radius 1 is 1.67 bits per heavy atom. The first-order valence-corrected chi connectivity index (χ1v) is 7.31. The van der Waals surface area contributed by atoms with Crippen LogP contribution in [-0.2, 0) is 6.54 Å². The molecule has 102 valence electrons. The average Bonchev–Trinajstić information content (AvgIpc) is 2.78. The molecule has 1 rings (SSSR count). The van der Waals surface area contributed by atoms with Gasteiger partial charge >= 0.3 is 0 Å². The SMILES string of the molecule is CCSCCC(C)NC(=O)c1cn(CCN)nn1. The molecular formula is C11H21N5OS. The Hall–Kier alpha value is -1.08. The van der Waals surface area contributed by atoms with Crippen molar-refractivity contribution >= 4 is 17.7 Å². The van der Waals surface area contributed by atoms with Crippen LogP contribution in [-0.4, -0.2) is 45.0 Å². The van der Waals surface area contributed by atoms with Gasteiger partial charge in [-0.25, -0.2) is 0 Å². The summed E-state index contributed by atoms with van der Waals surface area (Å²) in [6.45, 7) is 5.18. The Labute approximate surface area is 112 Å². The summed E-state index contributed by atoms with van der Waals surface area (Å²) in [5.74, 6) is 1.98. The lowest BCUT2D eigenvalue weighted by Gasteiger charge is -2.11. The molecule has 1 heterocycles. The van der Waals surface area contributed by atoms with Crippen molar-refractivity contribution < 1.29 is 4.79 Å². The van der Waals surface area contributed by atoms with Gasteiger partial charge in [0.05, 0.1) is 12.7 Å². The van der Waals surface area contributed by atoms with Crippen LogP contribution < -0.4 is 11.1 Å². The van der Waals surface area contributed by atoms with Gasteiger partial charge in [-0.3, -0.25) is 9.48 Å². The molecule has 6 nitrogen and oxygen atoms in total. The molecule has 7 heteroatoms. The summed E-state index contributed by atoms with van der Waals surface area (Å²) in [6, 6.07) is 0.149. The number of hydrogen-bond acceptors (Lipinski definition) is 5. The van der Waals surface area contributed by atoms with Crippen LogP contribution >= 0.6 is 11.8 Å². The third-order valence-electron chi connectivity index (χ3n) is 2.41. The van der Waals surface area contributed by atoms with E-state index < -0.39 is 0 Å². The molecular weight excluding hydrogens is 250 g/mol. The first-order chi connectivity index (χ1) is 8.67. The van der Waals surface area contributed by atoms with Crippen molar-refractivity contribution in [1.29, 1.82) is 0 Å². The molecule has 1 amide bonds. The molecule has 1 atom stereocenters. The molecule has 1 aromatic rings. The van der Waals surface area contributed by atoms with Crippen molar-refractivity contribution in [2.75, 3.05) is 18.1 Å². The molecule has 0 saturated carbocycles. The highest BCUT2D eigenvalue weighted by Crippen LogP contribution is 2.04. The maximum atomic E-state index is 11.8. The van der Waals surface area contributed by atoms with Gasteiger partial charge in [-0.15, -0.1) is 5.10 Å². The number of hydrogen-bond donors (Lipinski definition) is 2. The molecule has 3 N–H and O–H groups in total. The minimum absolute atomic E-state index is 0.149. The number of nitrogens with one attached hydrogen (secondary N) is 1. The highest BCUT2D eigenvalue weighted by atomic mass is 32.2. The van der Waals surface area contributed by atoms with E-state index in [1.807, 2.05) is 18.7 Å². The Kier molecular flexibility index (Phi) is 6.74. The number of amides is 1. The van der Waals surface area contributed by atoms with E-state index in [2.05, 4.69) is 22.6 Å². The Morgan fingerprint density at radius 2 is 2.44 bits per heavy atom. The van der Waals surface area contributed by atoms with E-state index in [0.29, 0.717) is 18.8 Å². The highest BCUT2D eigenvalue weighted by molar-refractivity contribution is 7.99. The number of carbonyl (C=O) groups is 1. The van der Waals surface area contributed by atoms with Crippen LogP contribution in [0.4, 0.5) is 0 Å². The molecule has 0 saturated heterocycles. The molecule has 0 aliphatic carbocycles. The van der Waals surface area contributed by atoms with Gasteiger partial charge in [-0.05, 0) is 24.9 Å².